The number of aliphatic hydroxyl groups excluding tert-OH is 1. The molecule has 4 nitrogen and oxygen atoms in total. The Morgan fingerprint density at radius 3 is 2.71 bits per heavy atom. The lowest BCUT2D eigenvalue weighted by atomic mass is 9.80. The molecule has 3 aromatic rings. The van der Waals surface area contributed by atoms with Crippen molar-refractivity contribution in [2.45, 2.75) is 62.9 Å². The van der Waals surface area contributed by atoms with Crippen LogP contribution in [0.15, 0.2) is 60.7 Å². The molecule has 1 amide bonds. The highest BCUT2D eigenvalue weighted by atomic mass is 16.3. The average Bonchev–Trinajstić information content (AvgIpc) is 3.58. The second-order valence-corrected chi connectivity index (χ2v) is 10.7. The van der Waals surface area contributed by atoms with E-state index >= 15 is 0 Å². The fraction of sp³-hybridized carbons (Fsp3) is 0.400. The molecule has 1 aliphatic heterocycles. The number of benzene rings is 2. The monoisotopic (exact) mass is 452 g/mol. The smallest absolute Gasteiger partial charge is 0.272 e. The van der Waals surface area contributed by atoms with E-state index in [1.807, 2.05) is 23.1 Å². The van der Waals surface area contributed by atoms with Gasteiger partial charge < -0.3 is 10.0 Å². The van der Waals surface area contributed by atoms with E-state index in [4.69, 9.17) is 0 Å². The van der Waals surface area contributed by atoms with E-state index in [0.717, 1.165) is 23.2 Å². The number of amides is 1. The first kappa shape index (κ1) is 21.5. The molecule has 2 atom stereocenters. The molecule has 4 heteroatoms. The van der Waals surface area contributed by atoms with Crippen molar-refractivity contribution in [2.75, 3.05) is 13.1 Å². The van der Waals surface area contributed by atoms with Gasteiger partial charge in [0.1, 0.15) is 5.69 Å². The van der Waals surface area contributed by atoms with E-state index in [9.17, 15) is 9.90 Å². The standard InChI is InChI=1S/C30H32N2O2/c1-19(2)22-6-3-4-7-23(22)21-12-13-25-24(16-21)28(33)17-30(25)14-15-32(18-30)29(34)27-9-5-8-26(31-27)20-10-11-20/h3-9,12-13,16,19-20,28,33H,10-11,14-15,17-18H2,1-2H3/t28-,30-/m0/s1. The predicted molar refractivity (Wildman–Crippen MR) is 134 cm³/mol. The number of rotatable bonds is 4. The molecular weight excluding hydrogens is 420 g/mol. The number of hydrogen-bond acceptors (Lipinski definition) is 3. The molecular formula is C30H32N2O2. The minimum atomic E-state index is -0.493. The number of nitrogens with zero attached hydrogens (tertiary/aromatic N) is 2. The van der Waals surface area contributed by atoms with Gasteiger partial charge in [-0.15, -0.1) is 0 Å². The van der Waals surface area contributed by atoms with Crippen molar-refractivity contribution in [3.8, 4) is 11.1 Å². The second kappa shape index (κ2) is 8.06. The van der Waals surface area contributed by atoms with E-state index in [-0.39, 0.29) is 11.3 Å². The van der Waals surface area contributed by atoms with Crippen LogP contribution in [-0.4, -0.2) is 34.0 Å². The fourth-order valence-electron chi connectivity index (χ4n) is 6.11. The third-order valence-electron chi connectivity index (χ3n) is 8.09. The van der Waals surface area contributed by atoms with Gasteiger partial charge in [-0.3, -0.25) is 4.79 Å². The van der Waals surface area contributed by atoms with Gasteiger partial charge in [0, 0.05) is 30.1 Å². The third kappa shape index (κ3) is 3.56. The minimum absolute atomic E-state index is 0.0183. The van der Waals surface area contributed by atoms with Crippen molar-refractivity contribution in [1.29, 1.82) is 0 Å². The SMILES string of the molecule is CC(C)c1ccccc1-c1ccc2c(c1)[C@@H](O)C[C@]21CCN(C(=O)c2cccc(C3CC3)n2)C1. The molecule has 0 bridgehead atoms. The molecule has 0 radical (unpaired) electrons. The van der Waals surface area contributed by atoms with Crippen LogP contribution in [-0.2, 0) is 5.41 Å². The van der Waals surface area contributed by atoms with Crippen LogP contribution in [0.25, 0.3) is 11.1 Å². The Hall–Kier alpha value is -2.98. The van der Waals surface area contributed by atoms with Gasteiger partial charge in [0.2, 0.25) is 0 Å². The lowest BCUT2D eigenvalue weighted by Crippen LogP contribution is -2.34. The van der Waals surface area contributed by atoms with E-state index in [0.29, 0.717) is 37.0 Å². The van der Waals surface area contributed by atoms with Crippen LogP contribution < -0.4 is 0 Å². The first-order valence-corrected chi connectivity index (χ1v) is 12.6. The molecule has 1 N–H and O–H groups in total. The summed E-state index contributed by atoms with van der Waals surface area (Å²) in [7, 11) is 0. The highest BCUT2D eigenvalue weighted by Gasteiger charge is 2.49. The summed E-state index contributed by atoms with van der Waals surface area (Å²) in [6.45, 7) is 5.79. The zero-order chi connectivity index (χ0) is 23.4. The maximum atomic E-state index is 13.3. The summed E-state index contributed by atoms with van der Waals surface area (Å²) in [5.41, 5.74) is 7.39. The molecule has 6 rings (SSSR count). The van der Waals surface area contributed by atoms with E-state index < -0.39 is 6.10 Å². The van der Waals surface area contributed by atoms with Crippen molar-refractivity contribution < 1.29 is 9.90 Å². The van der Waals surface area contributed by atoms with Crippen LogP contribution >= 0.6 is 0 Å². The van der Waals surface area contributed by atoms with Gasteiger partial charge in [0.05, 0.1) is 6.10 Å². The van der Waals surface area contributed by atoms with Crippen molar-refractivity contribution in [3.63, 3.8) is 0 Å². The Bertz CT molecular complexity index is 1260. The Morgan fingerprint density at radius 2 is 1.91 bits per heavy atom. The van der Waals surface area contributed by atoms with Crippen molar-refractivity contribution in [2.24, 2.45) is 0 Å². The number of carbonyl (C=O) groups is 1. The molecule has 1 saturated carbocycles. The molecule has 1 saturated heterocycles. The first-order chi connectivity index (χ1) is 16.4. The zero-order valence-corrected chi connectivity index (χ0v) is 20.0. The predicted octanol–water partition coefficient (Wildman–Crippen LogP) is 5.97. The van der Waals surface area contributed by atoms with Gasteiger partial charge in [0.15, 0.2) is 0 Å². The maximum Gasteiger partial charge on any atom is 0.272 e. The van der Waals surface area contributed by atoms with Crippen LogP contribution in [0.5, 0.6) is 0 Å². The van der Waals surface area contributed by atoms with Gasteiger partial charge in [-0.05, 0) is 77.6 Å². The van der Waals surface area contributed by atoms with Crippen LogP contribution in [0.3, 0.4) is 0 Å². The van der Waals surface area contributed by atoms with Gasteiger partial charge >= 0.3 is 0 Å². The fourth-order valence-corrected chi connectivity index (χ4v) is 6.11. The first-order valence-electron chi connectivity index (χ1n) is 12.6. The molecule has 2 heterocycles. The van der Waals surface area contributed by atoms with Crippen LogP contribution in [0, 0.1) is 0 Å². The Balaban J connectivity index is 1.28. The highest BCUT2D eigenvalue weighted by molar-refractivity contribution is 5.92. The Labute approximate surface area is 201 Å². The Kier molecular flexibility index (Phi) is 5.11. The van der Waals surface area contributed by atoms with Gasteiger partial charge in [-0.1, -0.05) is 56.3 Å². The molecule has 2 fully saturated rings. The minimum Gasteiger partial charge on any atom is -0.388 e. The summed E-state index contributed by atoms with van der Waals surface area (Å²) < 4.78 is 0. The second-order valence-electron chi connectivity index (χ2n) is 10.7. The average molecular weight is 453 g/mol. The summed E-state index contributed by atoms with van der Waals surface area (Å²) in [4.78, 5) is 19.9. The van der Waals surface area contributed by atoms with E-state index in [1.54, 1.807) is 0 Å². The van der Waals surface area contributed by atoms with E-state index in [1.165, 1.54) is 29.5 Å². The zero-order valence-electron chi connectivity index (χ0n) is 20.0. The van der Waals surface area contributed by atoms with E-state index in [2.05, 4.69) is 61.3 Å². The molecule has 2 aromatic carbocycles. The molecule has 3 aliphatic rings. The van der Waals surface area contributed by atoms with Crippen molar-refractivity contribution in [3.05, 3.63) is 88.7 Å². The topological polar surface area (TPSA) is 53.4 Å². The number of fused-ring (bicyclic) bond motifs is 2. The molecule has 0 unspecified atom stereocenters. The van der Waals surface area contributed by atoms with Crippen molar-refractivity contribution >= 4 is 5.91 Å². The summed E-state index contributed by atoms with van der Waals surface area (Å²) in [6.07, 6.45) is 3.42. The molecule has 34 heavy (non-hydrogen) atoms. The quantitative estimate of drug-likeness (QED) is 0.531. The molecule has 1 aromatic heterocycles. The van der Waals surface area contributed by atoms with Gasteiger partial charge in [0.25, 0.3) is 5.91 Å². The third-order valence-corrected chi connectivity index (χ3v) is 8.09. The van der Waals surface area contributed by atoms with Crippen LogP contribution in [0.1, 0.15) is 90.3 Å². The summed E-state index contributed by atoms with van der Waals surface area (Å²) in [5.74, 6) is 0.983. The lowest BCUT2D eigenvalue weighted by molar-refractivity contribution is 0.0770. The molecule has 174 valence electrons. The lowest BCUT2D eigenvalue weighted by Gasteiger charge is -2.25. The van der Waals surface area contributed by atoms with Gasteiger partial charge in [-0.25, -0.2) is 4.98 Å². The maximum absolute atomic E-state index is 13.3. The van der Waals surface area contributed by atoms with Gasteiger partial charge in [-0.2, -0.15) is 0 Å². The number of likely N-dealkylation sites (tertiary alicyclic amines) is 1. The highest BCUT2D eigenvalue weighted by Crippen LogP contribution is 2.51. The summed E-state index contributed by atoms with van der Waals surface area (Å²) in [5, 5.41) is 11.1. The Morgan fingerprint density at radius 1 is 1.09 bits per heavy atom. The number of carbonyl (C=O) groups excluding carboxylic acids is 1. The van der Waals surface area contributed by atoms with Crippen LogP contribution in [0.2, 0.25) is 0 Å². The summed E-state index contributed by atoms with van der Waals surface area (Å²) in [6, 6.07) is 21.0. The summed E-state index contributed by atoms with van der Waals surface area (Å²) >= 11 is 0. The largest absolute Gasteiger partial charge is 0.388 e. The number of pyridine rings is 1. The van der Waals surface area contributed by atoms with Crippen LogP contribution in [0.4, 0.5) is 0 Å². The number of aliphatic hydroxyl groups is 1. The normalized spacial score (nSPS) is 23.6. The number of hydrogen-bond donors (Lipinski definition) is 1. The number of aromatic nitrogens is 1. The molecule has 1 spiro atoms. The molecule has 2 aliphatic carbocycles. The van der Waals surface area contributed by atoms with Crippen molar-refractivity contribution in [1.82, 2.24) is 9.88 Å².